The van der Waals surface area contributed by atoms with Crippen LogP contribution in [0.15, 0.2) is 6.33 Å². The summed E-state index contributed by atoms with van der Waals surface area (Å²) in [5, 5.41) is 7.13. The maximum Gasteiger partial charge on any atom is 0.242 e. The number of nitrogens with zero attached hydrogens (tertiary/aromatic N) is 5. The number of carbonyl (C=O) groups is 1. The van der Waals surface area contributed by atoms with E-state index in [1.54, 1.807) is 6.33 Å². The third-order valence-electron chi connectivity index (χ3n) is 4.40. The van der Waals surface area contributed by atoms with Crippen LogP contribution in [0.1, 0.15) is 41.8 Å². The molecule has 3 rings (SSSR count). The number of amides is 1. The van der Waals surface area contributed by atoms with E-state index in [9.17, 15) is 4.79 Å². The van der Waals surface area contributed by atoms with Crippen molar-refractivity contribution in [3.8, 4) is 0 Å². The fourth-order valence-electron chi connectivity index (χ4n) is 2.91. The van der Waals surface area contributed by atoms with Crippen molar-refractivity contribution >= 4 is 5.91 Å². The van der Waals surface area contributed by atoms with Crippen LogP contribution in [0.5, 0.6) is 0 Å². The maximum atomic E-state index is 12.5. The van der Waals surface area contributed by atoms with Gasteiger partial charge in [0.2, 0.25) is 5.91 Å². The maximum absolute atomic E-state index is 12.5. The third-order valence-corrected chi connectivity index (χ3v) is 4.40. The van der Waals surface area contributed by atoms with Crippen LogP contribution in [0.2, 0.25) is 0 Å². The van der Waals surface area contributed by atoms with Gasteiger partial charge in [-0.2, -0.15) is 5.10 Å². The average molecular weight is 302 g/mol. The number of H-pyrrole nitrogens is 1. The first-order chi connectivity index (χ1) is 10.5. The molecular formula is C15H22N6O. The zero-order valence-corrected chi connectivity index (χ0v) is 13.3. The van der Waals surface area contributed by atoms with E-state index >= 15 is 0 Å². The number of hydrogen-bond donors (Lipinski definition) is 1. The van der Waals surface area contributed by atoms with Crippen LogP contribution >= 0.6 is 0 Å². The van der Waals surface area contributed by atoms with Gasteiger partial charge in [-0.1, -0.05) is 0 Å². The number of aromatic amines is 1. The Morgan fingerprint density at radius 3 is 2.86 bits per heavy atom. The van der Waals surface area contributed by atoms with Gasteiger partial charge in [0.05, 0.1) is 12.0 Å². The lowest BCUT2D eigenvalue weighted by molar-refractivity contribution is -0.133. The second-order valence-corrected chi connectivity index (χ2v) is 6.00. The highest BCUT2D eigenvalue weighted by atomic mass is 16.2. The van der Waals surface area contributed by atoms with Crippen LogP contribution < -0.4 is 0 Å². The first-order valence-corrected chi connectivity index (χ1v) is 7.69. The summed E-state index contributed by atoms with van der Waals surface area (Å²) in [6, 6.07) is 0. The highest BCUT2D eigenvalue weighted by Gasteiger charge is 2.27. The van der Waals surface area contributed by atoms with Crippen molar-refractivity contribution in [1.82, 2.24) is 29.6 Å². The zero-order valence-electron chi connectivity index (χ0n) is 13.3. The van der Waals surface area contributed by atoms with Gasteiger partial charge in [0.1, 0.15) is 12.4 Å². The Bertz CT molecular complexity index is 673. The quantitative estimate of drug-likeness (QED) is 0.927. The van der Waals surface area contributed by atoms with Crippen molar-refractivity contribution in [3.63, 3.8) is 0 Å². The first-order valence-electron chi connectivity index (χ1n) is 7.69. The van der Waals surface area contributed by atoms with Crippen LogP contribution in [0.4, 0.5) is 0 Å². The van der Waals surface area contributed by atoms with Crippen LogP contribution in [0, 0.1) is 20.8 Å². The molecule has 1 N–H and O–H groups in total. The Morgan fingerprint density at radius 2 is 2.23 bits per heavy atom. The molecule has 0 radical (unpaired) electrons. The number of piperidine rings is 1. The number of likely N-dealkylation sites (tertiary alicyclic amines) is 1. The fourth-order valence-corrected chi connectivity index (χ4v) is 2.91. The molecule has 2 aromatic rings. The SMILES string of the molecule is Cc1nc([C@H]2CCCN(C(=O)Cn3cnc(C)c3C)C2)n[nH]1. The number of carbonyl (C=O) groups excluding carboxylic acids is 1. The van der Waals surface area contributed by atoms with Crippen molar-refractivity contribution in [3.05, 3.63) is 29.4 Å². The van der Waals surface area contributed by atoms with Crippen molar-refractivity contribution in [2.75, 3.05) is 13.1 Å². The Hall–Kier alpha value is -2.18. The summed E-state index contributed by atoms with van der Waals surface area (Å²) < 4.78 is 1.91. The second kappa shape index (κ2) is 5.90. The lowest BCUT2D eigenvalue weighted by Crippen LogP contribution is -2.41. The average Bonchev–Trinajstić information content (AvgIpc) is 3.08. The molecule has 1 atom stereocenters. The minimum absolute atomic E-state index is 0.137. The van der Waals surface area contributed by atoms with Gasteiger partial charge >= 0.3 is 0 Å². The summed E-state index contributed by atoms with van der Waals surface area (Å²) >= 11 is 0. The second-order valence-electron chi connectivity index (χ2n) is 6.00. The predicted molar refractivity (Wildman–Crippen MR) is 81.4 cm³/mol. The van der Waals surface area contributed by atoms with Crippen molar-refractivity contribution in [2.45, 2.75) is 46.1 Å². The number of aromatic nitrogens is 5. The van der Waals surface area contributed by atoms with E-state index in [-0.39, 0.29) is 11.8 Å². The lowest BCUT2D eigenvalue weighted by Gasteiger charge is -2.31. The van der Waals surface area contributed by atoms with E-state index < -0.39 is 0 Å². The van der Waals surface area contributed by atoms with Gasteiger partial charge in [0, 0.05) is 24.7 Å². The number of nitrogens with one attached hydrogen (secondary N) is 1. The van der Waals surface area contributed by atoms with Crippen molar-refractivity contribution < 1.29 is 4.79 Å². The normalized spacial score (nSPS) is 18.7. The molecule has 1 fully saturated rings. The van der Waals surface area contributed by atoms with E-state index in [0.717, 1.165) is 42.4 Å². The highest BCUT2D eigenvalue weighted by molar-refractivity contribution is 5.76. The summed E-state index contributed by atoms with van der Waals surface area (Å²) in [6.45, 7) is 7.71. The van der Waals surface area contributed by atoms with Gasteiger partial charge in [0.25, 0.3) is 0 Å². The van der Waals surface area contributed by atoms with Gasteiger partial charge in [0.15, 0.2) is 5.82 Å². The van der Waals surface area contributed by atoms with Crippen LogP contribution in [0.3, 0.4) is 0 Å². The molecule has 0 bridgehead atoms. The van der Waals surface area contributed by atoms with E-state index in [4.69, 9.17) is 0 Å². The molecule has 118 valence electrons. The molecule has 1 aliphatic heterocycles. The Labute approximate surface area is 129 Å². The minimum Gasteiger partial charge on any atom is -0.340 e. The van der Waals surface area contributed by atoms with Crippen molar-refractivity contribution in [2.24, 2.45) is 0 Å². The molecule has 0 aromatic carbocycles. The molecule has 22 heavy (non-hydrogen) atoms. The molecule has 1 saturated heterocycles. The Balaban J connectivity index is 1.66. The molecule has 1 aliphatic rings. The van der Waals surface area contributed by atoms with Crippen molar-refractivity contribution in [1.29, 1.82) is 0 Å². The standard InChI is InChI=1S/C15H22N6O/c1-10-11(2)21(9-16-10)8-14(22)20-6-4-5-13(7-20)15-17-12(3)18-19-15/h9,13H,4-8H2,1-3H3,(H,17,18,19)/t13-/m0/s1. The number of aryl methyl sites for hydroxylation is 2. The molecule has 0 spiro atoms. The summed E-state index contributed by atoms with van der Waals surface area (Å²) in [5.41, 5.74) is 2.02. The predicted octanol–water partition coefficient (Wildman–Crippen LogP) is 1.33. The number of rotatable bonds is 3. The van der Waals surface area contributed by atoms with E-state index in [0.29, 0.717) is 13.1 Å². The van der Waals surface area contributed by atoms with Gasteiger partial charge < -0.3 is 9.47 Å². The largest absolute Gasteiger partial charge is 0.340 e. The molecule has 0 saturated carbocycles. The summed E-state index contributed by atoms with van der Waals surface area (Å²) in [6.07, 6.45) is 3.76. The molecule has 0 aliphatic carbocycles. The van der Waals surface area contributed by atoms with E-state index in [1.165, 1.54) is 0 Å². The smallest absolute Gasteiger partial charge is 0.242 e. The molecule has 1 amide bonds. The van der Waals surface area contributed by atoms with E-state index in [2.05, 4.69) is 20.2 Å². The van der Waals surface area contributed by atoms with Gasteiger partial charge in [-0.15, -0.1) is 0 Å². The molecule has 7 heteroatoms. The topological polar surface area (TPSA) is 79.7 Å². The number of hydrogen-bond acceptors (Lipinski definition) is 4. The summed E-state index contributed by atoms with van der Waals surface area (Å²) in [5.74, 6) is 2.01. The molecule has 0 unspecified atom stereocenters. The highest BCUT2D eigenvalue weighted by Crippen LogP contribution is 2.24. The number of imidazole rings is 1. The lowest BCUT2D eigenvalue weighted by atomic mass is 9.97. The fraction of sp³-hybridized carbons (Fsp3) is 0.600. The molecule has 7 nitrogen and oxygen atoms in total. The third kappa shape index (κ3) is 2.88. The molecule has 3 heterocycles. The molecular weight excluding hydrogens is 280 g/mol. The van der Waals surface area contributed by atoms with Crippen LogP contribution in [0.25, 0.3) is 0 Å². The zero-order chi connectivity index (χ0) is 15.7. The summed E-state index contributed by atoms with van der Waals surface area (Å²) in [4.78, 5) is 23.1. The van der Waals surface area contributed by atoms with Gasteiger partial charge in [-0.05, 0) is 33.6 Å². The first kappa shape index (κ1) is 14.7. The van der Waals surface area contributed by atoms with E-state index in [1.807, 2.05) is 30.2 Å². The Kier molecular flexibility index (Phi) is 3.96. The van der Waals surface area contributed by atoms with Gasteiger partial charge in [-0.3, -0.25) is 9.89 Å². The molecule has 2 aromatic heterocycles. The minimum atomic E-state index is 0.137. The monoisotopic (exact) mass is 302 g/mol. The Morgan fingerprint density at radius 1 is 1.41 bits per heavy atom. The summed E-state index contributed by atoms with van der Waals surface area (Å²) in [7, 11) is 0. The van der Waals surface area contributed by atoms with Gasteiger partial charge in [-0.25, -0.2) is 9.97 Å². The van der Waals surface area contributed by atoms with Crippen LogP contribution in [-0.2, 0) is 11.3 Å². The van der Waals surface area contributed by atoms with Crippen LogP contribution in [-0.4, -0.2) is 48.6 Å².